The van der Waals surface area contributed by atoms with Crippen molar-refractivity contribution in [1.29, 1.82) is 0 Å². The number of nitrogens with one attached hydrogen (secondary N) is 1. The monoisotopic (exact) mass is 461 g/mol. The number of para-hydroxylation sites is 1. The van der Waals surface area contributed by atoms with Crippen LogP contribution in [0.1, 0.15) is 24.6 Å². The fourth-order valence-electron chi connectivity index (χ4n) is 3.16. The summed E-state index contributed by atoms with van der Waals surface area (Å²) in [5.41, 5.74) is 0.354. The smallest absolute Gasteiger partial charge is 0.493 e. The molecule has 3 unspecified atom stereocenters. The van der Waals surface area contributed by atoms with Crippen molar-refractivity contribution in [3.63, 3.8) is 0 Å². The number of aromatic amines is 1. The third-order valence-corrected chi connectivity index (χ3v) is 6.68. The highest BCUT2D eigenvalue weighted by Crippen LogP contribution is 2.63. The Kier molecular flexibility index (Phi) is 5.94. The first kappa shape index (κ1) is 20.7. The highest BCUT2D eigenvalue weighted by atomic mass is 35.5. The van der Waals surface area contributed by atoms with Gasteiger partial charge >= 0.3 is 13.9 Å². The molecule has 0 radical (unpaired) electrons. The van der Waals surface area contributed by atoms with E-state index < -0.39 is 20.1 Å². The van der Waals surface area contributed by atoms with Gasteiger partial charge in [0.05, 0.1) is 18.2 Å². The molecule has 2 aliphatic heterocycles. The number of nitrogens with zero attached hydrogens (tertiary/aromatic N) is 1. The van der Waals surface area contributed by atoms with Gasteiger partial charge in [0, 0.05) is 11.8 Å². The van der Waals surface area contributed by atoms with Crippen LogP contribution in [0.2, 0.25) is 5.02 Å². The Morgan fingerprint density at radius 3 is 3.07 bits per heavy atom. The van der Waals surface area contributed by atoms with Crippen molar-refractivity contribution in [3.05, 3.63) is 50.1 Å². The van der Waals surface area contributed by atoms with Gasteiger partial charge in [-0.2, -0.15) is 4.89 Å². The minimum atomic E-state index is -3.57. The number of hydrogen-bond acceptors (Lipinski definition) is 8. The first-order valence-electron chi connectivity index (χ1n) is 8.81. The summed E-state index contributed by atoms with van der Waals surface area (Å²) in [5.74, 6) is 0.894. The van der Waals surface area contributed by atoms with Gasteiger partial charge in [0.15, 0.2) is 5.75 Å². The lowest BCUT2D eigenvalue weighted by atomic mass is 10.2. The Balaban J connectivity index is 1.40. The number of ether oxygens (including phenoxy) is 2. The van der Waals surface area contributed by atoms with Crippen molar-refractivity contribution in [2.45, 2.75) is 31.8 Å². The molecule has 3 atom stereocenters. The summed E-state index contributed by atoms with van der Waals surface area (Å²) >= 11 is 10.9. The molecule has 0 spiro atoms. The third kappa shape index (κ3) is 4.34. The molecular formula is C17H19ClN2O7PS+. The summed E-state index contributed by atoms with van der Waals surface area (Å²) in [6, 6.07) is 5.36. The number of rotatable bonds is 5. The zero-order valence-electron chi connectivity index (χ0n) is 15.4. The molecule has 29 heavy (non-hydrogen) atoms. The molecule has 1 saturated heterocycles. The Morgan fingerprint density at radius 2 is 2.28 bits per heavy atom. The quantitative estimate of drug-likeness (QED) is 0.514. The van der Waals surface area contributed by atoms with Gasteiger partial charge in [-0.1, -0.05) is 36.0 Å². The summed E-state index contributed by atoms with van der Waals surface area (Å²) in [7, 11) is -2.06. The average Bonchev–Trinajstić information content (AvgIpc) is 3.17. The van der Waals surface area contributed by atoms with Crippen molar-refractivity contribution >= 4 is 32.0 Å². The fourth-order valence-corrected chi connectivity index (χ4v) is 4.73. The van der Waals surface area contributed by atoms with Crippen LogP contribution in [0.4, 0.5) is 0 Å². The lowest BCUT2D eigenvalue weighted by molar-refractivity contribution is -0.0302. The largest absolute Gasteiger partial charge is 0.619 e. The number of aromatic nitrogens is 2. The van der Waals surface area contributed by atoms with Crippen molar-refractivity contribution in [3.8, 4) is 11.5 Å². The van der Waals surface area contributed by atoms with Crippen LogP contribution in [0.5, 0.6) is 11.5 Å². The third-order valence-electron chi connectivity index (χ3n) is 4.61. The molecule has 9 nitrogen and oxygen atoms in total. The maximum Gasteiger partial charge on any atom is 0.619 e. The molecule has 0 amide bonds. The second-order valence-corrected chi connectivity index (χ2v) is 8.96. The molecular weight excluding hydrogens is 443 g/mol. The number of H-pyrrole nitrogens is 1. The first-order chi connectivity index (χ1) is 13.9. The van der Waals surface area contributed by atoms with Crippen LogP contribution >= 0.6 is 32.0 Å². The molecule has 1 aromatic carbocycles. The number of halogens is 1. The van der Waals surface area contributed by atoms with E-state index in [4.69, 9.17) is 46.9 Å². The minimum absolute atomic E-state index is 0.0383. The average molecular weight is 462 g/mol. The molecule has 0 saturated carbocycles. The van der Waals surface area contributed by atoms with Crippen LogP contribution < -0.4 is 15.0 Å². The van der Waals surface area contributed by atoms with Gasteiger partial charge in [0.1, 0.15) is 24.1 Å². The van der Waals surface area contributed by atoms with Crippen LogP contribution in [-0.2, 0) is 20.4 Å². The highest BCUT2D eigenvalue weighted by Gasteiger charge is 2.52. The number of methoxy groups -OCH3 is 1. The fraction of sp³-hybridized carbons (Fsp3) is 0.412. The predicted molar refractivity (Wildman–Crippen MR) is 108 cm³/mol. The summed E-state index contributed by atoms with van der Waals surface area (Å²) in [6.07, 6.45) is 1.77. The summed E-state index contributed by atoms with van der Waals surface area (Å²) in [4.78, 5) is 25.2. The molecule has 2 aliphatic rings. The molecule has 0 aliphatic carbocycles. The number of benzene rings is 1. The second kappa shape index (κ2) is 8.31. The van der Waals surface area contributed by atoms with E-state index in [9.17, 15) is 9.69 Å². The van der Waals surface area contributed by atoms with E-state index in [1.165, 1.54) is 17.9 Å². The molecule has 3 heterocycles. The van der Waals surface area contributed by atoms with Crippen molar-refractivity contribution in [2.24, 2.45) is 0 Å². The van der Waals surface area contributed by atoms with E-state index in [2.05, 4.69) is 4.98 Å². The van der Waals surface area contributed by atoms with Gasteiger partial charge in [-0.15, -0.1) is 9.05 Å². The molecule has 156 valence electrons. The Hall–Kier alpha value is -1.52. The van der Waals surface area contributed by atoms with E-state index >= 15 is 0 Å². The van der Waals surface area contributed by atoms with Crippen molar-refractivity contribution in [2.75, 3.05) is 13.7 Å². The Morgan fingerprint density at radius 1 is 1.45 bits per heavy atom. The van der Waals surface area contributed by atoms with Crippen LogP contribution in [0, 0.1) is 4.64 Å². The van der Waals surface area contributed by atoms with Gasteiger partial charge in [-0.05, 0) is 18.9 Å². The van der Waals surface area contributed by atoms with Gasteiger partial charge in [-0.25, -0.2) is 4.79 Å². The molecule has 2 aromatic rings. The number of fused-ring (bicyclic) bond motifs is 1. The maximum atomic E-state index is 12.1. The Bertz CT molecular complexity index is 1020. The maximum absolute atomic E-state index is 12.1. The zero-order valence-corrected chi connectivity index (χ0v) is 17.8. The van der Waals surface area contributed by atoms with Crippen molar-refractivity contribution < 1.29 is 27.9 Å². The highest BCUT2D eigenvalue weighted by molar-refractivity contribution is 7.71. The molecule has 1 aromatic heterocycles. The van der Waals surface area contributed by atoms with E-state index in [0.29, 0.717) is 24.3 Å². The first-order valence-corrected chi connectivity index (χ1v) is 11.1. The predicted octanol–water partition coefficient (Wildman–Crippen LogP) is 3.54. The molecule has 1 fully saturated rings. The number of hydrogen-bond donors (Lipinski definition) is 2. The van der Waals surface area contributed by atoms with E-state index in [1.54, 1.807) is 6.07 Å². The van der Waals surface area contributed by atoms with E-state index in [1.807, 2.05) is 12.1 Å². The standard InChI is InChI=1S/C17H18ClN2O7PS/c1-23-13-4-2-3-10-8-24-28(22,27-15(10)13)25-9-11-5-6-14(26-11)20-7-12(18)16(29)19-17(20)21/h2-4,7,11,14,22H,5-6,8-9H2,1H3/p+1. The molecule has 12 heteroatoms. The van der Waals surface area contributed by atoms with Crippen LogP contribution in [-0.4, -0.2) is 34.3 Å². The van der Waals surface area contributed by atoms with Crippen LogP contribution in [0.25, 0.3) is 0 Å². The van der Waals surface area contributed by atoms with Crippen LogP contribution in [0.3, 0.4) is 0 Å². The van der Waals surface area contributed by atoms with E-state index in [0.717, 1.165) is 5.56 Å². The topological polar surface area (TPSA) is 104 Å². The van der Waals surface area contributed by atoms with Gasteiger partial charge in [-0.3, -0.25) is 14.1 Å². The van der Waals surface area contributed by atoms with Crippen molar-refractivity contribution in [1.82, 2.24) is 9.55 Å². The SMILES string of the molecule is COc1cccc2c1O[P+](O)(OCC1CCC(n3cc(Cl)c(=S)[nH]c3=O)O1)OC2. The molecule has 2 N–H and O–H groups in total. The minimum Gasteiger partial charge on any atom is -0.493 e. The van der Waals surface area contributed by atoms with Gasteiger partial charge in [0.25, 0.3) is 0 Å². The lowest BCUT2D eigenvalue weighted by Gasteiger charge is -2.23. The van der Waals surface area contributed by atoms with Gasteiger partial charge < -0.3 is 9.47 Å². The van der Waals surface area contributed by atoms with Crippen LogP contribution in [0.15, 0.2) is 29.2 Å². The lowest BCUT2D eigenvalue weighted by Crippen LogP contribution is -2.28. The summed E-state index contributed by atoms with van der Waals surface area (Å²) < 4.78 is 29.3. The normalized spacial score (nSPS) is 26.0. The van der Waals surface area contributed by atoms with E-state index in [-0.39, 0.29) is 29.0 Å². The summed E-state index contributed by atoms with van der Waals surface area (Å²) in [6.45, 7) is 0.179. The zero-order chi connectivity index (χ0) is 20.6. The summed E-state index contributed by atoms with van der Waals surface area (Å²) in [5, 5.41) is 0.264. The molecule has 4 rings (SSSR count). The van der Waals surface area contributed by atoms with Gasteiger partial charge in [0.2, 0.25) is 5.75 Å². The second-order valence-electron chi connectivity index (χ2n) is 6.51. The Labute approximate surface area is 176 Å². The molecule has 0 bridgehead atoms.